The lowest BCUT2D eigenvalue weighted by molar-refractivity contribution is 0.102. The molecule has 0 aromatic heterocycles. The molecule has 1 aliphatic heterocycles. The summed E-state index contributed by atoms with van der Waals surface area (Å²) in [4.78, 5) is 39.8. The van der Waals surface area contributed by atoms with Gasteiger partial charge in [0, 0.05) is 37.4 Å². The number of amides is 5. The lowest BCUT2D eigenvalue weighted by atomic mass is 10.1. The summed E-state index contributed by atoms with van der Waals surface area (Å²) >= 11 is 0. The Bertz CT molecular complexity index is 1640. The first-order chi connectivity index (χ1) is 29.4. The highest BCUT2D eigenvalue weighted by atomic mass is 16.5. The molecule has 1 aliphatic rings. The standard InChI is InChI=1S/C49H73N5O6/c1-4-7-10-13-16-19-25-58-44-32-42(33-45(59-26-20-17-14-11-8-5-2)46(44)60-27-21-18-15-12-9-6-3)47(55)54-43-30-40-29-41(31-43)37-53-49(57)51-35-39-24-22-23-38(28-39)34-50-48(56)52-36-40/h22-24,28-33H,4-21,25-27,34-37H2,1-3H3,(H,54,55)(H2,50,52,56)(H2,51,53,57). The highest BCUT2D eigenvalue weighted by molar-refractivity contribution is 6.05. The van der Waals surface area contributed by atoms with Crippen LogP contribution in [0.25, 0.3) is 0 Å². The second-order valence-electron chi connectivity index (χ2n) is 16.0. The highest BCUT2D eigenvalue weighted by Gasteiger charge is 2.20. The first-order valence-corrected chi connectivity index (χ1v) is 23.0. The summed E-state index contributed by atoms with van der Waals surface area (Å²) in [5, 5.41) is 14.7. The number of fused-ring (bicyclic) bond motifs is 4. The van der Waals surface area contributed by atoms with Crippen LogP contribution in [0.3, 0.4) is 0 Å². The van der Waals surface area contributed by atoms with Crippen molar-refractivity contribution >= 4 is 23.7 Å². The van der Waals surface area contributed by atoms with E-state index in [1.807, 2.05) is 42.5 Å². The fraction of sp³-hybridized carbons (Fsp3) is 0.571. The van der Waals surface area contributed by atoms with E-state index in [4.69, 9.17) is 14.2 Å². The van der Waals surface area contributed by atoms with E-state index in [-0.39, 0.29) is 31.1 Å². The van der Waals surface area contributed by atoms with Crippen molar-refractivity contribution in [2.24, 2.45) is 0 Å². The number of unbranched alkanes of at least 4 members (excludes halogenated alkanes) is 15. The summed E-state index contributed by atoms with van der Waals surface area (Å²) in [6.45, 7) is 9.34. The third kappa shape index (κ3) is 18.6. The van der Waals surface area contributed by atoms with Gasteiger partial charge in [-0.15, -0.1) is 0 Å². The average Bonchev–Trinajstić information content (AvgIpc) is 3.25. The van der Waals surface area contributed by atoms with Crippen molar-refractivity contribution < 1.29 is 28.6 Å². The Morgan fingerprint density at radius 1 is 0.500 bits per heavy atom. The molecule has 0 aliphatic carbocycles. The Kier molecular flexibility index (Phi) is 22.7. The van der Waals surface area contributed by atoms with Crippen molar-refractivity contribution in [2.45, 2.75) is 163 Å². The van der Waals surface area contributed by atoms with Gasteiger partial charge in [-0.25, -0.2) is 9.59 Å². The molecule has 0 fully saturated rings. The molecule has 0 atom stereocenters. The zero-order valence-corrected chi connectivity index (χ0v) is 36.8. The number of nitrogens with one attached hydrogen (secondary N) is 5. The minimum atomic E-state index is -0.339. The smallest absolute Gasteiger partial charge is 0.315 e. The molecule has 60 heavy (non-hydrogen) atoms. The number of benzene rings is 3. The van der Waals surface area contributed by atoms with Crippen molar-refractivity contribution in [3.63, 3.8) is 0 Å². The van der Waals surface area contributed by atoms with Gasteiger partial charge in [-0.2, -0.15) is 0 Å². The SMILES string of the molecule is CCCCCCCCOc1cc(C(=O)Nc2cc3cc(c2)CNC(=O)NCc2cccc(c2)CNC(=O)NC3)cc(OCCCCCCCC)c1OCCCCCCCC. The van der Waals surface area contributed by atoms with E-state index in [0.717, 1.165) is 60.8 Å². The van der Waals surface area contributed by atoms with Crippen LogP contribution in [-0.4, -0.2) is 37.8 Å². The molecule has 3 aromatic rings. The fourth-order valence-electron chi connectivity index (χ4n) is 7.20. The summed E-state index contributed by atoms with van der Waals surface area (Å²) in [5.74, 6) is 1.25. The van der Waals surface area contributed by atoms with Crippen LogP contribution in [0, 0.1) is 0 Å². The van der Waals surface area contributed by atoms with Gasteiger partial charge in [0.15, 0.2) is 11.5 Å². The summed E-state index contributed by atoms with van der Waals surface area (Å²) in [5.41, 5.74) is 4.29. The van der Waals surface area contributed by atoms with Crippen LogP contribution in [0.15, 0.2) is 54.6 Å². The van der Waals surface area contributed by atoms with Crippen molar-refractivity contribution in [3.8, 4) is 17.2 Å². The van der Waals surface area contributed by atoms with Crippen LogP contribution < -0.4 is 40.8 Å². The molecule has 330 valence electrons. The van der Waals surface area contributed by atoms with Gasteiger partial charge in [-0.3, -0.25) is 4.79 Å². The topological polar surface area (TPSA) is 139 Å². The molecule has 5 amide bonds. The number of hydrogen-bond donors (Lipinski definition) is 5. The van der Waals surface area contributed by atoms with Crippen LogP contribution >= 0.6 is 0 Å². The number of rotatable bonds is 26. The van der Waals surface area contributed by atoms with Gasteiger partial charge >= 0.3 is 12.1 Å². The van der Waals surface area contributed by atoms with Gasteiger partial charge in [-0.1, -0.05) is 147 Å². The predicted molar refractivity (Wildman–Crippen MR) is 242 cm³/mol. The first kappa shape index (κ1) is 47.7. The predicted octanol–water partition coefficient (Wildman–Crippen LogP) is 11.5. The number of ether oxygens (including phenoxy) is 3. The number of urea groups is 2. The second kappa shape index (κ2) is 28.5. The number of carbonyl (C=O) groups excluding carboxylic acids is 3. The molecule has 11 nitrogen and oxygen atoms in total. The Morgan fingerprint density at radius 2 is 0.883 bits per heavy atom. The van der Waals surface area contributed by atoms with Crippen LogP contribution in [-0.2, 0) is 26.2 Å². The van der Waals surface area contributed by atoms with Gasteiger partial charge in [0.2, 0.25) is 5.75 Å². The molecular formula is C49H73N5O6. The Morgan fingerprint density at radius 3 is 1.33 bits per heavy atom. The number of hydrogen-bond acceptors (Lipinski definition) is 6. The third-order valence-corrected chi connectivity index (χ3v) is 10.7. The first-order valence-electron chi connectivity index (χ1n) is 23.0. The molecular weight excluding hydrogens is 755 g/mol. The summed E-state index contributed by atoms with van der Waals surface area (Å²) in [6.07, 6.45) is 20.5. The summed E-state index contributed by atoms with van der Waals surface area (Å²) in [6, 6.07) is 16.2. The lowest BCUT2D eigenvalue weighted by Gasteiger charge is -2.19. The Labute approximate surface area is 359 Å². The maximum absolute atomic E-state index is 14.2. The molecule has 0 radical (unpaired) electrons. The minimum absolute atomic E-state index is 0.215. The van der Waals surface area contributed by atoms with Gasteiger partial charge < -0.3 is 40.8 Å². The fourth-order valence-corrected chi connectivity index (χ4v) is 7.20. The van der Waals surface area contributed by atoms with Crippen LogP contribution in [0.4, 0.5) is 15.3 Å². The molecule has 1 heterocycles. The second-order valence-corrected chi connectivity index (χ2v) is 16.0. The minimum Gasteiger partial charge on any atom is -0.490 e. The average molecular weight is 828 g/mol. The van der Waals surface area contributed by atoms with Crippen LogP contribution in [0.2, 0.25) is 0 Å². The summed E-state index contributed by atoms with van der Waals surface area (Å²) in [7, 11) is 0. The molecule has 4 bridgehead atoms. The maximum Gasteiger partial charge on any atom is 0.315 e. The van der Waals surface area contributed by atoms with Crippen LogP contribution in [0.5, 0.6) is 17.2 Å². The molecule has 0 saturated heterocycles. The van der Waals surface area contributed by atoms with Crippen molar-refractivity contribution in [3.05, 3.63) is 82.4 Å². The molecule has 3 aromatic carbocycles. The van der Waals surface area contributed by atoms with E-state index in [1.165, 1.54) is 77.0 Å². The monoisotopic (exact) mass is 828 g/mol. The normalized spacial score (nSPS) is 13.1. The zero-order chi connectivity index (χ0) is 42.6. The zero-order valence-electron chi connectivity index (χ0n) is 36.8. The molecule has 5 N–H and O–H groups in total. The van der Waals surface area contributed by atoms with E-state index in [0.29, 0.717) is 61.4 Å². The van der Waals surface area contributed by atoms with Crippen molar-refractivity contribution in [1.82, 2.24) is 21.3 Å². The summed E-state index contributed by atoms with van der Waals surface area (Å²) < 4.78 is 19.4. The molecule has 4 rings (SSSR count). The van der Waals surface area contributed by atoms with Gasteiger partial charge in [-0.05, 0) is 65.8 Å². The Hall–Kier alpha value is -4.93. The maximum atomic E-state index is 14.2. The van der Waals surface area contributed by atoms with Crippen molar-refractivity contribution in [1.29, 1.82) is 0 Å². The largest absolute Gasteiger partial charge is 0.490 e. The van der Waals surface area contributed by atoms with E-state index < -0.39 is 0 Å². The molecule has 0 saturated carbocycles. The highest BCUT2D eigenvalue weighted by Crippen LogP contribution is 2.40. The van der Waals surface area contributed by atoms with Crippen molar-refractivity contribution in [2.75, 3.05) is 25.1 Å². The quantitative estimate of drug-likeness (QED) is 0.0511. The van der Waals surface area contributed by atoms with Crippen LogP contribution in [0.1, 0.15) is 169 Å². The molecule has 0 unspecified atom stereocenters. The molecule has 11 heteroatoms. The van der Waals surface area contributed by atoms with Gasteiger partial charge in [0.05, 0.1) is 19.8 Å². The van der Waals surface area contributed by atoms with E-state index >= 15 is 0 Å². The Balaban J connectivity index is 1.56. The molecule has 0 spiro atoms. The third-order valence-electron chi connectivity index (χ3n) is 10.7. The lowest BCUT2D eigenvalue weighted by Crippen LogP contribution is -2.35. The van der Waals surface area contributed by atoms with Gasteiger partial charge in [0.1, 0.15) is 0 Å². The number of anilines is 1. The van der Waals surface area contributed by atoms with Gasteiger partial charge in [0.25, 0.3) is 5.91 Å². The van der Waals surface area contributed by atoms with E-state index in [2.05, 4.69) is 47.4 Å². The van der Waals surface area contributed by atoms with E-state index in [9.17, 15) is 14.4 Å². The number of carbonyl (C=O) groups is 3. The van der Waals surface area contributed by atoms with E-state index in [1.54, 1.807) is 12.1 Å².